The van der Waals surface area contributed by atoms with Crippen LogP contribution in [0.4, 0.5) is 5.69 Å². The van der Waals surface area contributed by atoms with Crippen molar-refractivity contribution >= 4 is 33.8 Å². The Morgan fingerprint density at radius 3 is 2.65 bits per heavy atom. The lowest BCUT2D eigenvalue weighted by Gasteiger charge is -2.18. The minimum atomic E-state index is -0.0554. The molecule has 1 aliphatic heterocycles. The summed E-state index contributed by atoms with van der Waals surface area (Å²) >= 11 is 6.50. The molecule has 2 aromatic carbocycles. The van der Waals surface area contributed by atoms with E-state index in [2.05, 4.69) is 80.6 Å². The summed E-state index contributed by atoms with van der Waals surface area (Å²) in [6.07, 6.45) is 7.63. The number of hydrogen-bond acceptors (Lipinski definition) is 0. The molecule has 132 valence electrons. The van der Waals surface area contributed by atoms with E-state index in [-0.39, 0.29) is 5.41 Å². The third kappa shape index (κ3) is 2.57. The van der Waals surface area contributed by atoms with E-state index in [1.54, 1.807) is 0 Å². The standard InChI is InChI=1S/C24H25ClN/c1-16-8-7-10-18(23(16)25)13-15-21-24(2,3)22-19-11-6-5-9-17(19)12-14-20(22)26(21)4/h5-6,9,11-15H,1,7-8,10H2,2-4H3/q+1. The van der Waals surface area contributed by atoms with Crippen LogP contribution in [-0.2, 0) is 5.41 Å². The van der Waals surface area contributed by atoms with Gasteiger partial charge in [-0.05, 0) is 61.1 Å². The molecule has 0 aromatic heterocycles. The van der Waals surface area contributed by atoms with E-state index in [4.69, 9.17) is 11.6 Å². The van der Waals surface area contributed by atoms with Gasteiger partial charge in [0.25, 0.3) is 0 Å². The molecule has 2 aromatic rings. The molecule has 0 unspecified atom stereocenters. The molecule has 4 rings (SSSR count). The molecule has 1 heterocycles. The number of halogens is 1. The summed E-state index contributed by atoms with van der Waals surface area (Å²) in [5.41, 5.74) is 6.22. The first kappa shape index (κ1) is 17.3. The van der Waals surface area contributed by atoms with E-state index < -0.39 is 0 Å². The zero-order valence-corrected chi connectivity index (χ0v) is 16.5. The zero-order chi connectivity index (χ0) is 18.5. The summed E-state index contributed by atoms with van der Waals surface area (Å²) in [5.74, 6) is 0. The smallest absolute Gasteiger partial charge is 0.198 e. The van der Waals surface area contributed by atoms with Gasteiger partial charge in [-0.1, -0.05) is 48.5 Å². The molecule has 2 heteroatoms. The quantitative estimate of drug-likeness (QED) is 0.527. The monoisotopic (exact) mass is 362 g/mol. The van der Waals surface area contributed by atoms with Crippen molar-refractivity contribution in [3.8, 4) is 0 Å². The number of nitrogens with zero attached hydrogens (tertiary/aromatic N) is 1. The first-order chi connectivity index (χ1) is 12.4. The molecular formula is C24H25ClN+. The van der Waals surface area contributed by atoms with E-state index in [9.17, 15) is 0 Å². The van der Waals surface area contributed by atoms with Crippen molar-refractivity contribution in [2.45, 2.75) is 38.5 Å². The Bertz CT molecular complexity index is 1020. The molecule has 0 atom stereocenters. The fourth-order valence-electron chi connectivity index (χ4n) is 4.47. The fourth-order valence-corrected chi connectivity index (χ4v) is 4.72. The van der Waals surface area contributed by atoms with Gasteiger partial charge in [-0.15, -0.1) is 0 Å². The van der Waals surface area contributed by atoms with E-state index in [1.807, 2.05) is 0 Å². The molecule has 0 N–H and O–H groups in total. The first-order valence-electron chi connectivity index (χ1n) is 9.29. The van der Waals surface area contributed by atoms with Crippen LogP contribution in [0.5, 0.6) is 0 Å². The van der Waals surface area contributed by atoms with Crippen molar-refractivity contribution in [2.24, 2.45) is 0 Å². The Morgan fingerprint density at radius 1 is 1.08 bits per heavy atom. The molecule has 2 aliphatic rings. The molecule has 0 fully saturated rings. The lowest BCUT2D eigenvalue weighted by molar-refractivity contribution is -0.401. The van der Waals surface area contributed by atoms with E-state index >= 15 is 0 Å². The van der Waals surface area contributed by atoms with Gasteiger partial charge in [0.2, 0.25) is 5.69 Å². The average molecular weight is 363 g/mol. The Morgan fingerprint density at radius 2 is 1.85 bits per heavy atom. The second-order valence-electron chi connectivity index (χ2n) is 7.88. The molecule has 0 spiro atoms. The molecule has 1 aliphatic carbocycles. The average Bonchev–Trinajstić information content (AvgIpc) is 2.83. The van der Waals surface area contributed by atoms with Crippen LogP contribution in [0, 0.1) is 0 Å². The fraction of sp³-hybridized carbons (Fsp3) is 0.292. The third-order valence-corrected chi connectivity index (χ3v) is 6.36. The molecule has 0 saturated heterocycles. The number of benzene rings is 2. The zero-order valence-electron chi connectivity index (χ0n) is 15.8. The van der Waals surface area contributed by atoms with E-state index in [0.29, 0.717) is 0 Å². The first-order valence-corrected chi connectivity index (χ1v) is 9.67. The van der Waals surface area contributed by atoms with Gasteiger partial charge in [-0.25, -0.2) is 0 Å². The summed E-state index contributed by atoms with van der Waals surface area (Å²) in [6.45, 7) is 8.73. The predicted molar refractivity (Wildman–Crippen MR) is 113 cm³/mol. The summed E-state index contributed by atoms with van der Waals surface area (Å²) in [5, 5.41) is 3.50. The molecule has 0 bridgehead atoms. The van der Waals surface area contributed by atoms with Gasteiger partial charge in [0.1, 0.15) is 7.05 Å². The van der Waals surface area contributed by atoms with Crippen LogP contribution < -0.4 is 0 Å². The molecule has 0 amide bonds. The summed E-state index contributed by atoms with van der Waals surface area (Å²) < 4.78 is 2.32. The normalized spacial score (nSPS) is 19.8. The van der Waals surface area contributed by atoms with Gasteiger partial charge in [0.15, 0.2) is 5.71 Å². The Balaban J connectivity index is 1.82. The van der Waals surface area contributed by atoms with Gasteiger partial charge in [-0.2, -0.15) is 4.58 Å². The highest BCUT2D eigenvalue weighted by atomic mass is 35.5. The summed E-state index contributed by atoms with van der Waals surface area (Å²) in [4.78, 5) is 0. The van der Waals surface area contributed by atoms with Gasteiger partial charge >= 0.3 is 0 Å². The molecule has 26 heavy (non-hydrogen) atoms. The predicted octanol–water partition coefficient (Wildman–Crippen LogP) is 6.64. The third-order valence-electron chi connectivity index (χ3n) is 5.85. The Labute approximate surface area is 161 Å². The molecule has 0 saturated carbocycles. The topological polar surface area (TPSA) is 3.01 Å². The van der Waals surface area contributed by atoms with Crippen molar-refractivity contribution in [2.75, 3.05) is 7.05 Å². The van der Waals surface area contributed by atoms with Crippen molar-refractivity contribution in [3.63, 3.8) is 0 Å². The molecular weight excluding hydrogens is 338 g/mol. The Hall–Kier alpha value is -2.12. The number of hydrogen-bond donors (Lipinski definition) is 0. The largest absolute Gasteiger partial charge is 0.210 e. The number of fused-ring (bicyclic) bond motifs is 3. The van der Waals surface area contributed by atoms with Gasteiger partial charge in [0, 0.05) is 22.7 Å². The van der Waals surface area contributed by atoms with Crippen LogP contribution in [0.15, 0.2) is 71.3 Å². The van der Waals surface area contributed by atoms with Crippen molar-refractivity contribution in [1.29, 1.82) is 0 Å². The minimum Gasteiger partial charge on any atom is -0.198 e. The lowest BCUT2D eigenvalue weighted by Crippen LogP contribution is -2.27. The number of allylic oxidation sites excluding steroid dienone is 5. The lowest BCUT2D eigenvalue weighted by atomic mass is 9.79. The maximum Gasteiger partial charge on any atom is 0.210 e. The second-order valence-corrected chi connectivity index (χ2v) is 8.26. The van der Waals surface area contributed by atoms with Crippen LogP contribution in [0.2, 0.25) is 0 Å². The second kappa shape index (κ2) is 6.25. The minimum absolute atomic E-state index is 0.0554. The van der Waals surface area contributed by atoms with Gasteiger partial charge in [-0.3, -0.25) is 0 Å². The maximum atomic E-state index is 6.50. The maximum absolute atomic E-state index is 6.50. The van der Waals surface area contributed by atoms with E-state index in [0.717, 1.165) is 29.9 Å². The highest BCUT2D eigenvalue weighted by Gasteiger charge is 2.44. The van der Waals surface area contributed by atoms with Crippen molar-refractivity contribution in [3.05, 3.63) is 76.9 Å². The van der Waals surface area contributed by atoms with Crippen LogP contribution >= 0.6 is 11.6 Å². The molecule has 1 nitrogen and oxygen atoms in total. The van der Waals surface area contributed by atoms with Gasteiger partial charge < -0.3 is 0 Å². The van der Waals surface area contributed by atoms with Gasteiger partial charge in [0.05, 0.1) is 5.41 Å². The van der Waals surface area contributed by atoms with Crippen LogP contribution in [-0.4, -0.2) is 17.3 Å². The summed E-state index contributed by atoms with van der Waals surface area (Å²) in [7, 11) is 2.16. The highest BCUT2D eigenvalue weighted by Crippen LogP contribution is 2.43. The van der Waals surface area contributed by atoms with Crippen molar-refractivity contribution < 1.29 is 4.58 Å². The molecule has 0 radical (unpaired) electrons. The highest BCUT2D eigenvalue weighted by molar-refractivity contribution is 6.32. The van der Waals surface area contributed by atoms with E-state index in [1.165, 1.54) is 33.3 Å². The number of rotatable bonds is 2. The Kier molecular flexibility index (Phi) is 4.16. The SMILES string of the molecule is C=C1CCCC(C=CC2=[N+](C)c3ccc4ccccc4c3C2(C)C)=C1Cl. The van der Waals surface area contributed by atoms with Crippen LogP contribution in [0.25, 0.3) is 10.8 Å². The van der Waals surface area contributed by atoms with Crippen molar-refractivity contribution in [1.82, 2.24) is 0 Å². The summed E-state index contributed by atoms with van der Waals surface area (Å²) in [6, 6.07) is 13.1. The van der Waals surface area contributed by atoms with Crippen LogP contribution in [0.3, 0.4) is 0 Å². The van der Waals surface area contributed by atoms with Crippen LogP contribution in [0.1, 0.15) is 38.7 Å².